The van der Waals surface area contributed by atoms with Crippen molar-refractivity contribution in [2.24, 2.45) is 5.73 Å². The molecule has 8 nitrogen and oxygen atoms in total. The first-order chi connectivity index (χ1) is 9.11. The van der Waals surface area contributed by atoms with Crippen molar-refractivity contribution in [2.45, 2.75) is 44.6 Å². The van der Waals surface area contributed by atoms with Crippen molar-refractivity contribution >= 4 is 12.1 Å². The topological polar surface area (TPSA) is 122 Å². The van der Waals surface area contributed by atoms with Crippen LogP contribution >= 0.6 is 0 Å². The fourth-order valence-electron chi connectivity index (χ4n) is 1.75. The largest absolute Gasteiger partial charge is 0.480 e. The van der Waals surface area contributed by atoms with Gasteiger partial charge in [0.25, 0.3) is 0 Å². The summed E-state index contributed by atoms with van der Waals surface area (Å²) in [5.41, 5.74) is 4.73. The Bertz CT molecular complexity index is 367. The molecule has 1 fully saturated rings. The summed E-state index contributed by atoms with van der Waals surface area (Å²) in [5, 5.41) is 18.6. The van der Waals surface area contributed by atoms with E-state index in [1.165, 1.54) is 4.90 Å². The lowest BCUT2D eigenvalue weighted by atomic mass is 10.1. The second-order valence-corrected chi connectivity index (χ2v) is 5.69. The number of carboxylic acids is 1. The molecule has 1 rings (SSSR count). The molecule has 20 heavy (non-hydrogen) atoms. The molecule has 0 aliphatic carbocycles. The number of carbonyl (C=O) groups is 2. The summed E-state index contributed by atoms with van der Waals surface area (Å²) in [6.45, 7) is 5.79. The van der Waals surface area contributed by atoms with Crippen molar-refractivity contribution in [2.75, 3.05) is 19.7 Å². The molecule has 1 aliphatic heterocycles. The maximum Gasteiger partial charge on any atom is 0.410 e. The molecule has 0 radical (unpaired) electrons. The fraction of sp³-hybridized carbons (Fsp3) is 0.833. The van der Waals surface area contributed by atoms with Crippen molar-refractivity contribution in [3.8, 4) is 0 Å². The third-order valence-electron chi connectivity index (χ3n) is 2.78. The number of hydrogen-bond donors (Lipinski definition) is 3. The van der Waals surface area contributed by atoms with Gasteiger partial charge in [-0.25, -0.2) is 4.79 Å². The lowest BCUT2D eigenvalue weighted by Gasteiger charge is -2.36. The second kappa shape index (κ2) is 6.38. The van der Waals surface area contributed by atoms with Gasteiger partial charge >= 0.3 is 12.1 Å². The number of nitrogens with zero attached hydrogens (tertiary/aromatic N) is 1. The average Bonchev–Trinajstić information content (AvgIpc) is 2.35. The van der Waals surface area contributed by atoms with E-state index in [4.69, 9.17) is 20.3 Å². The molecule has 1 aliphatic rings. The molecule has 3 atom stereocenters. The number of nitrogens with two attached hydrogens (primary N) is 1. The summed E-state index contributed by atoms with van der Waals surface area (Å²) >= 11 is 0. The number of aliphatic carboxylic acids is 1. The number of amides is 1. The minimum absolute atomic E-state index is 0.0388. The van der Waals surface area contributed by atoms with E-state index in [9.17, 15) is 14.7 Å². The van der Waals surface area contributed by atoms with Crippen LogP contribution in [0, 0.1) is 0 Å². The Morgan fingerprint density at radius 2 is 2.05 bits per heavy atom. The summed E-state index contributed by atoms with van der Waals surface area (Å²) in [6.07, 6.45) is -2.76. The molecule has 0 aromatic heterocycles. The minimum Gasteiger partial charge on any atom is -0.480 e. The predicted molar refractivity (Wildman–Crippen MR) is 69.2 cm³/mol. The Kier molecular flexibility index (Phi) is 5.32. The highest BCUT2D eigenvalue weighted by Crippen LogP contribution is 2.15. The smallest absolute Gasteiger partial charge is 0.410 e. The van der Waals surface area contributed by atoms with E-state index in [2.05, 4.69) is 0 Å². The standard InChI is InChI=1S/C12H22N2O6/c1-12(2,3)20-11(18)14-4-5-19-7(6-14)9(15)8(13)10(16)17/h7-9,15H,4-6,13H2,1-3H3,(H,16,17). The fourth-order valence-corrected chi connectivity index (χ4v) is 1.75. The van der Waals surface area contributed by atoms with Gasteiger partial charge in [-0.3, -0.25) is 4.79 Å². The molecule has 3 unspecified atom stereocenters. The van der Waals surface area contributed by atoms with Crippen LogP contribution in [0.25, 0.3) is 0 Å². The van der Waals surface area contributed by atoms with Crippen LogP contribution in [-0.4, -0.2) is 70.7 Å². The third kappa shape index (κ3) is 4.62. The molecule has 8 heteroatoms. The highest BCUT2D eigenvalue weighted by Gasteiger charge is 2.36. The van der Waals surface area contributed by atoms with Crippen molar-refractivity contribution in [1.82, 2.24) is 4.90 Å². The zero-order valence-electron chi connectivity index (χ0n) is 11.9. The van der Waals surface area contributed by atoms with Crippen LogP contribution < -0.4 is 5.73 Å². The van der Waals surface area contributed by atoms with Gasteiger partial charge in [0.05, 0.1) is 13.2 Å². The van der Waals surface area contributed by atoms with Crippen molar-refractivity contribution in [3.05, 3.63) is 0 Å². The van der Waals surface area contributed by atoms with Crippen LogP contribution in [-0.2, 0) is 14.3 Å². The summed E-state index contributed by atoms with van der Waals surface area (Å²) < 4.78 is 10.5. The summed E-state index contributed by atoms with van der Waals surface area (Å²) in [5.74, 6) is -1.32. The predicted octanol–water partition coefficient (Wildman–Crippen LogP) is -0.605. The van der Waals surface area contributed by atoms with Crippen molar-refractivity contribution in [3.63, 3.8) is 0 Å². The maximum atomic E-state index is 11.9. The number of ether oxygens (including phenoxy) is 2. The summed E-state index contributed by atoms with van der Waals surface area (Å²) in [4.78, 5) is 24.0. The van der Waals surface area contributed by atoms with Gasteiger partial charge in [0.15, 0.2) is 0 Å². The Hall–Kier alpha value is -1.38. The van der Waals surface area contributed by atoms with E-state index < -0.39 is 35.9 Å². The molecule has 1 saturated heterocycles. The third-order valence-corrected chi connectivity index (χ3v) is 2.78. The number of carbonyl (C=O) groups excluding carboxylic acids is 1. The second-order valence-electron chi connectivity index (χ2n) is 5.69. The molecule has 0 spiro atoms. The van der Waals surface area contributed by atoms with Crippen molar-refractivity contribution in [1.29, 1.82) is 0 Å². The van der Waals surface area contributed by atoms with E-state index >= 15 is 0 Å². The van der Waals surface area contributed by atoms with E-state index in [1.807, 2.05) is 0 Å². The normalized spacial score (nSPS) is 23.1. The molecular weight excluding hydrogens is 268 g/mol. The molecule has 116 valence electrons. The first kappa shape index (κ1) is 16.7. The SMILES string of the molecule is CC(C)(C)OC(=O)N1CCOC(C(O)C(N)C(=O)O)C1. The van der Waals surface area contributed by atoms with Crippen LogP contribution in [0.2, 0.25) is 0 Å². The highest BCUT2D eigenvalue weighted by atomic mass is 16.6. The number of aliphatic hydroxyl groups excluding tert-OH is 1. The van der Waals surface area contributed by atoms with Gasteiger partial charge in [-0.1, -0.05) is 0 Å². The summed E-state index contributed by atoms with van der Waals surface area (Å²) in [7, 11) is 0. The van der Waals surface area contributed by atoms with E-state index in [1.54, 1.807) is 20.8 Å². The van der Waals surface area contributed by atoms with Gasteiger partial charge in [0.1, 0.15) is 23.9 Å². The molecule has 1 amide bonds. The number of hydrogen-bond acceptors (Lipinski definition) is 6. The molecule has 0 saturated carbocycles. The first-order valence-corrected chi connectivity index (χ1v) is 6.38. The van der Waals surface area contributed by atoms with Gasteiger partial charge in [-0.05, 0) is 20.8 Å². The molecule has 0 bridgehead atoms. The Morgan fingerprint density at radius 3 is 2.55 bits per heavy atom. The van der Waals surface area contributed by atoms with Crippen LogP contribution in [0.1, 0.15) is 20.8 Å². The Morgan fingerprint density at radius 1 is 1.45 bits per heavy atom. The van der Waals surface area contributed by atoms with Crippen LogP contribution in [0.5, 0.6) is 0 Å². The number of rotatable bonds is 3. The van der Waals surface area contributed by atoms with Crippen LogP contribution in [0.15, 0.2) is 0 Å². The minimum atomic E-state index is -1.46. The van der Waals surface area contributed by atoms with Crippen molar-refractivity contribution < 1.29 is 29.3 Å². The lowest BCUT2D eigenvalue weighted by Crippen LogP contribution is -2.56. The first-order valence-electron chi connectivity index (χ1n) is 6.38. The van der Waals surface area contributed by atoms with Gasteiger partial charge in [0.2, 0.25) is 0 Å². The quantitative estimate of drug-likeness (QED) is 0.634. The van der Waals surface area contributed by atoms with Crippen LogP contribution in [0.4, 0.5) is 4.79 Å². The molecule has 4 N–H and O–H groups in total. The van der Waals surface area contributed by atoms with Gasteiger partial charge < -0.3 is 30.3 Å². The highest BCUT2D eigenvalue weighted by molar-refractivity contribution is 5.74. The number of aliphatic hydroxyl groups is 1. The molecular formula is C12H22N2O6. The Balaban J connectivity index is 2.62. The van der Waals surface area contributed by atoms with Gasteiger partial charge in [0, 0.05) is 6.54 Å². The monoisotopic (exact) mass is 290 g/mol. The van der Waals surface area contributed by atoms with E-state index in [0.717, 1.165) is 0 Å². The van der Waals surface area contributed by atoms with E-state index in [0.29, 0.717) is 6.54 Å². The van der Waals surface area contributed by atoms with Gasteiger partial charge in [-0.15, -0.1) is 0 Å². The zero-order chi connectivity index (χ0) is 15.5. The zero-order valence-corrected chi connectivity index (χ0v) is 11.9. The van der Waals surface area contributed by atoms with E-state index in [-0.39, 0.29) is 13.2 Å². The molecule has 0 aromatic carbocycles. The maximum absolute atomic E-state index is 11.9. The molecule has 0 aromatic rings. The lowest BCUT2D eigenvalue weighted by molar-refractivity contribution is -0.147. The van der Waals surface area contributed by atoms with Gasteiger partial charge in [-0.2, -0.15) is 0 Å². The molecule has 1 heterocycles. The summed E-state index contributed by atoms with van der Waals surface area (Å²) in [6, 6.07) is -1.46. The Labute approximate surface area is 117 Å². The number of morpholine rings is 1. The van der Waals surface area contributed by atoms with Crippen LogP contribution in [0.3, 0.4) is 0 Å². The number of carboxylic acid groups (broad SMARTS) is 1. The average molecular weight is 290 g/mol.